The van der Waals surface area contributed by atoms with E-state index in [2.05, 4.69) is 9.98 Å². The molecule has 0 amide bonds. The molecule has 0 saturated heterocycles. The van der Waals surface area contributed by atoms with Crippen LogP contribution >= 0.6 is 11.3 Å². The Morgan fingerprint density at radius 1 is 0.963 bits per heavy atom. The van der Waals surface area contributed by atoms with Crippen molar-refractivity contribution in [3.8, 4) is 10.6 Å². The lowest BCUT2D eigenvalue weighted by Gasteiger charge is -2.09. The maximum absolute atomic E-state index is 13.0. The van der Waals surface area contributed by atoms with E-state index in [1.807, 2.05) is 42.5 Å². The SMILES string of the molecule is NCc1ccc(N=c2ccc3nc4ccc(C(F)(F)F)cc4sc-3c2)cc1. The summed E-state index contributed by atoms with van der Waals surface area (Å²) in [5, 5.41) is 0.715. The number of nitrogens with zero attached hydrogens (tertiary/aromatic N) is 2. The van der Waals surface area contributed by atoms with Crippen molar-refractivity contribution >= 4 is 27.2 Å². The van der Waals surface area contributed by atoms with Crippen molar-refractivity contribution in [2.45, 2.75) is 12.7 Å². The van der Waals surface area contributed by atoms with Crippen LogP contribution in [0.5, 0.6) is 0 Å². The van der Waals surface area contributed by atoms with Gasteiger partial charge in [-0.15, -0.1) is 11.3 Å². The number of benzene rings is 3. The maximum atomic E-state index is 13.0. The van der Waals surface area contributed by atoms with Crippen molar-refractivity contribution in [1.82, 2.24) is 4.98 Å². The Bertz CT molecular complexity index is 1150. The molecule has 27 heavy (non-hydrogen) atoms. The highest BCUT2D eigenvalue weighted by molar-refractivity contribution is 7.21. The first kappa shape index (κ1) is 17.6. The van der Waals surface area contributed by atoms with E-state index >= 15 is 0 Å². The van der Waals surface area contributed by atoms with E-state index < -0.39 is 11.7 Å². The van der Waals surface area contributed by atoms with Gasteiger partial charge in [0, 0.05) is 6.54 Å². The summed E-state index contributed by atoms with van der Waals surface area (Å²) in [6, 6.07) is 16.7. The van der Waals surface area contributed by atoms with Gasteiger partial charge in [0.25, 0.3) is 0 Å². The quantitative estimate of drug-likeness (QED) is 0.488. The molecule has 0 saturated carbocycles. The molecule has 4 rings (SSSR count). The second-order valence-corrected chi connectivity index (χ2v) is 7.11. The van der Waals surface area contributed by atoms with E-state index in [1.165, 1.54) is 17.4 Å². The summed E-state index contributed by atoms with van der Waals surface area (Å²) in [6.45, 7) is 0.469. The van der Waals surface area contributed by atoms with Crippen LogP contribution in [0.15, 0.2) is 65.7 Å². The third-order valence-corrected chi connectivity index (χ3v) is 5.22. The highest BCUT2D eigenvalue weighted by atomic mass is 32.1. The van der Waals surface area contributed by atoms with Crippen LogP contribution in [0.25, 0.3) is 20.8 Å². The van der Waals surface area contributed by atoms with Gasteiger partial charge < -0.3 is 5.73 Å². The Balaban J connectivity index is 1.81. The Labute approximate surface area is 157 Å². The minimum atomic E-state index is -4.37. The first-order chi connectivity index (χ1) is 12.9. The maximum Gasteiger partial charge on any atom is 0.416 e. The molecule has 1 aliphatic heterocycles. The fourth-order valence-electron chi connectivity index (χ4n) is 2.71. The Hall–Kier alpha value is -2.77. The van der Waals surface area contributed by atoms with Gasteiger partial charge in [-0.2, -0.15) is 13.2 Å². The Morgan fingerprint density at radius 2 is 1.74 bits per heavy atom. The van der Waals surface area contributed by atoms with E-state index in [-0.39, 0.29) is 0 Å². The number of aromatic nitrogens is 1. The average molecular weight is 385 g/mol. The summed E-state index contributed by atoms with van der Waals surface area (Å²) in [5.74, 6) is 0. The zero-order chi connectivity index (χ0) is 19.0. The van der Waals surface area contributed by atoms with E-state index in [1.54, 1.807) is 0 Å². The van der Waals surface area contributed by atoms with Crippen molar-refractivity contribution in [1.29, 1.82) is 0 Å². The summed E-state index contributed by atoms with van der Waals surface area (Å²) >= 11 is 1.27. The van der Waals surface area contributed by atoms with E-state index in [0.29, 0.717) is 22.1 Å². The average Bonchev–Trinajstić information content (AvgIpc) is 2.66. The van der Waals surface area contributed by atoms with Gasteiger partial charge in [-0.1, -0.05) is 12.1 Å². The minimum Gasteiger partial charge on any atom is -0.326 e. The van der Waals surface area contributed by atoms with Gasteiger partial charge in [0.2, 0.25) is 0 Å². The third-order valence-electron chi connectivity index (χ3n) is 4.12. The van der Waals surface area contributed by atoms with Crippen molar-refractivity contribution in [2.24, 2.45) is 10.7 Å². The molecule has 0 unspecified atom stereocenters. The van der Waals surface area contributed by atoms with Crippen LogP contribution in [0.2, 0.25) is 0 Å². The van der Waals surface area contributed by atoms with Crippen LogP contribution in [-0.4, -0.2) is 4.98 Å². The fraction of sp³-hybridized carbons (Fsp3) is 0.100. The predicted molar refractivity (Wildman–Crippen MR) is 101 cm³/mol. The third kappa shape index (κ3) is 3.70. The predicted octanol–water partition coefficient (Wildman–Crippen LogP) is 5.11. The molecule has 0 spiro atoms. The lowest BCUT2D eigenvalue weighted by molar-refractivity contribution is -0.137. The highest BCUT2D eigenvalue weighted by Crippen LogP contribution is 2.35. The molecule has 1 aliphatic carbocycles. The van der Waals surface area contributed by atoms with Crippen LogP contribution < -0.4 is 11.1 Å². The van der Waals surface area contributed by atoms with Gasteiger partial charge in [0.1, 0.15) is 0 Å². The normalized spacial score (nSPS) is 12.8. The summed E-state index contributed by atoms with van der Waals surface area (Å²) in [5.41, 5.74) is 7.99. The molecule has 0 fully saturated rings. The van der Waals surface area contributed by atoms with Crippen molar-refractivity contribution in [3.63, 3.8) is 0 Å². The van der Waals surface area contributed by atoms with Crippen LogP contribution in [0.3, 0.4) is 0 Å². The number of nitrogens with two attached hydrogens (primary N) is 1. The molecule has 3 nitrogen and oxygen atoms in total. The highest BCUT2D eigenvalue weighted by Gasteiger charge is 2.30. The van der Waals surface area contributed by atoms with Crippen LogP contribution in [-0.2, 0) is 12.7 Å². The number of hydrogen-bond donors (Lipinski definition) is 1. The fourth-order valence-corrected chi connectivity index (χ4v) is 3.75. The van der Waals surface area contributed by atoms with Gasteiger partial charge in [0.05, 0.1) is 37.4 Å². The monoisotopic (exact) mass is 385 g/mol. The molecule has 136 valence electrons. The van der Waals surface area contributed by atoms with Crippen LogP contribution in [0.1, 0.15) is 11.1 Å². The number of rotatable bonds is 2. The molecule has 0 radical (unpaired) electrons. The van der Waals surface area contributed by atoms with Crippen molar-refractivity contribution in [2.75, 3.05) is 0 Å². The van der Waals surface area contributed by atoms with Gasteiger partial charge in [-0.05, 0) is 54.1 Å². The molecular weight excluding hydrogens is 371 g/mol. The standard InChI is InChI=1S/C20H14F3N3S/c21-20(22,23)13-3-7-16-18(9-13)27-19-10-15(6-8-17(19)26-16)25-14-4-1-12(11-24)2-5-14/h1-10H,11,24H2. The molecule has 7 heteroatoms. The zero-order valence-corrected chi connectivity index (χ0v) is 14.8. The molecule has 2 aromatic carbocycles. The van der Waals surface area contributed by atoms with Crippen molar-refractivity contribution in [3.05, 3.63) is 77.1 Å². The van der Waals surface area contributed by atoms with E-state index in [0.717, 1.165) is 34.0 Å². The van der Waals surface area contributed by atoms with Crippen molar-refractivity contribution < 1.29 is 13.2 Å². The molecule has 0 atom stereocenters. The first-order valence-corrected chi connectivity index (χ1v) is 9.00. The summed E-state index contributed by atoms with van der Waals surface area (Å²) in [7, 11) is 0. The second-order valence-electron chi connectivity index (χ2n) is 6.03. The summed E-state index contributed by atoms with van der Waals surface area (Å²) in [6.07, 6.45) is -4.37. The van der Waals surface area contributed by atoms with Crippen LogP contribution in [0.4, 0.5) is 18.9 Å². The Morgan fingerprint density at radius 3 is 2.44 bits per heavy atom. The number of halogens is 3. The molecule has 1 heterocycles. The van der Waals surface area contributed by atoms with E-state index in [9.17, 15) is 13.2 Å². The van der Waals surface area contributed by atoms with Gasteiger partial charge in [-0.25, -0.2) is 9.98 Å². The molecule has 0 bridgehead atoms. The topological polar surface area (TPSA) is 51.3 Å². The summed E-state index contributed by atoms with van der Waals surface area (Å²) < 4.78 is 39.3. The minimum absolute atomic E-state index is 0.469. The lowest BCUT2D eigenvalue weighted by Crippen LogP contribution is -2.04. The number of alkyl halides is 3. The van der Waals surface area contributed by atoms with Gasteiger partial charge in [-0.3, -0.25) is 0 Å². The molecular formula is C20H14F3N3S. The molecule has 0 aromatic heterocycles. The smallest absolute Gasteiger partial charge is 0.326 e. The molecule has 2 aromatic rings. The number of hydrogen-bond acceptors (Lipinski definition) is 4. The zero-order valence-electron chi connectivity index (χ0n) is 14.0. The lowest BCUT2D eigenvalue weighted by atomic mass is 10.2. The van der Waals surface area contributed by atoms with Gasteiger partial charge in [0.15, 0.2) is 0 Å². The van der Waals surface area contributed by atoms with E-state index in [4.69, 9.17) is 5.73 Å². The molecule has 2 aliphatic rings. The van der Waals surface area contributed by atoms with Crippen LogP contribution in [0, 0.1) is 0 Å². The second kappa shape index (κ2) is 6.75. The Kier molecular flexibility index (Phi) is 4.41. The summed E-state index contributed by atoms with van der Waals surface area (Å²) in [4.78, 5) is 9.80. The largest absolute Gasteiger partial charge is 0.416 e. The van der Waals surface area contributed by atoms with Gasteiger partial charge >= 0.3 is 6.18 Å². The molecule has 2 N–H and O–H groups in total. The number of fused-ring (bicyclic) bond motifs is 2. The first-order valence-electron chi connectivity index (χ1n) is 8.18.